The van der Waals surface area contributed by atoms with E-state index in [1.165, 1.54) is 12.1 Å². The van der Waals surface area contributed by atoms with Gasteiger partial charge in [-0.05, 0) is 29.8 Å². The maximum absolute atomic E-state index is 13.3. The molecule has 0 aromatic heterocycles. The van der Waals surface area contributed by atoms with E-state index in [-0.39, 0.29) is 29.8 Å². The van der Waals surface area contributed by atoms with Crippen LogP contribution < -0.4 is 5.32 Å². The van der Waals surface area contributed by atoms with Crippen molar-refractivity contribution in [2.45, 2.75) is 11.4 Å². The quantitative estimate of drug-likeness (QED) is 0.397. The van der Waals surface area contributed by atoms with Gasteiger partial charge >= 0.3 is 0 Å². The Hall–Kier alpha value is -1.48. The Balaban J connectivity index is 0.00000312. The van der Waals surface area contributed by atoms with Crippen molar-refractivity contribution in [1.82, 2.24) is 10.2 Å². The number of hydrogen-bond donors (Lipinski definition) is 1. The molecule has 0 bridgehead atoms. The van der Waals surface area contributed by atoms with Crippen molar-refractivity contribution >= 4 is 40.7 Å². The van der Waals surface area contributed by atoms with Crippen molar-refractivity contribution in [3.05, 3.63) is 66.0 Å². The first kappa shape index (κ1) is 21.6. The van der Waals surface area contributed by atoms with E-state index in [0.29, 0.717) is 24.8 Å². The fourth-order valence-electron chi connectivity index (χ4n) is 2.31. The van der Waals surface area contributed by atoms with Crippen molar-refractivity contribution in [2.24, 2.45) is 4.99 Å². The third-order valence-corrected chi connectivity index (χ3v) is 4.83. The lowest BCUT2D eigenvalue weighted by Crippen LogP contribution is -2.40. The second kappa shape index (κ2) is 11.2. The van der Waals surface area contributed by atoms with Crippen LogP contribution in [0.4, 0.5) is 4.39 Å². The Labute approximate surface area is 168 Å². The number of nitrogens with one attached hydrogen (secondary N) is 1. The zero-order valence-electron chi connectivity index (χ0n) is 14.3. The number of halogens is 2. The molecule has 7 heteroatoms. The van der Waals surface area contributed by atoms with Gasteiger partial charge in [-0.1, -0.05) is 30.3 Å². The molecular weight excluding hydrogens is 452 g/mol. The first-order valence-corrected chi connectivity index (χ1v) is 9.01. The molecule has 2 aromatic rings. The van der Waals surface area contributed by atoms with Crippen molar-refractivity contribution in [1.29, 1.82) is 0 Å². The van der Waals surface area contributed by atoms with Gasteiger partial charge in [-0.3, -0.25) is 9.20 Å². The number of aliphatic imine (C=N–C) groups is 1. The largest absolute Gasteiger partial charge is 0.355 e. The number of nitrogens with zero attached hydrogens (tertiary/aromatic N) is 2. The van der Waals surface area contributed by atoms with Crippen LogP contribution in [0.5, 0.6) is 0 Å². The van der Waals surface area contributed by atoms with E-state index in [1.807, 2.05) is 48.3 Å². The first-order valence-electron chi connectivity index (χ1n) is 7.70. The molecule has 2 rings (SSSR count). The summed E-state index contributed by atoms with van der Waals surface area (Å²) in [7, 11) is 2.53. The van der Waals surface area contributed by atoms with E-state index in [1.54, 1.807) is 13.1 Å². The van der Waals surface area contributed by atoms with E-state index in [9.17, 15) is 8.60 Å². The molecule has 0 saturated heterocycles. The Bertz CT molecular complexity index is 712. The number of guanidine groups is 1. The van der Waals surface area contributed by atoms with Gasteiger partial charge in [0.15, 0.2) is 5.96 Å². The van der Waals surface area contributed by atoms with Gasteiger partial charge in [0.05, 0.1) is 10.8 Å². The van der Waals surface area contributed by atoms with E-state index >= 15 is 0 Å². The summed E-state index contributed by atoms with van der Waals surface area (Å²) in [6.45, 7) is 1.08. The summed E-state index contributed by atoms with van der Waals surface area (Å²) < 4.78 is 25.4. The molecule has 0 spiro atoms. The van der Waals surface area contributed by atoms with Gasteiger partial charge in [-0.15, -0.1) is 24.0 Å². The number of hydrogen-bond acceptors (Lipinski definition) is 2. The van der Waals surface area contributed by atoms with Crippen molar-refractivity contribution in [3.8, 4) is 0 Å². The lowest BCUT2D eigenvalue weighted by atomic mass is 10.2. The van der Waals surface area contributed by atoms with Crippen LogP contribution in [0.3, 0.4) is 0 Å². The molecule has 1 unspecified atom stereocenters. The summed E-state index contributed by atoms with van der Waals surface area (Å²) >= 11 is 0. The summed E-state index contributed by atoms with van der Waals surface area (Å²) in [6, 6.07) is 15.9. The van der Waals surface area contributed by atoms with Crippen molar-refractivity contribution < 1.29 is 8.60 Å². The van der Waals surface area contributed by atoms with Crippen LogP contribution in [0, 0.1) is 5.82 Å². The molecule has 1 N–H and O–H groups in total. The van der Waals surface area contributed by atoms with Crippen LogP contribution in [0.2, 0.25) is 0 Å². The molecule has 0 saturated carbocycles. The molecule has 25 heavy (non-hydrogen) atoms. The average molecular weight is 475 g/mol. The highest BCUT2D eigenvalue weighted by atomic mass is 127. The zero-order valence-corrected chi connectivity index (χ0v) is 17.5. The molecule has 1 atom stereocenters. The van der Waals surface area contributed by atoms with Crippen LogP contribution >= 0.6 is 24.0 Å². The van der Waals surface area contributed by atoms with Crippen molar-refractivity contribution in [2.75, 3.05) is 26.4 Å². The van der Waals surface area contributed by atoms with Crippen LogP contribution in [-0.4, -0.2) is 41.5 Å². The monoisotopic (exact) mass is 475 g/mol. The minimum Gasteiger partial charge on any atom is -0.355 e. The van der Waals surface area contributed by atoms with E-state index in [2.05, 4.69) is 10.3 Å². The summed E-state index contributed by atoms with van der Waals surface area (Å²) in [5, 5.41) is 3.19. The molecule has 0 aliphatic heterocycles. The lowest BCUT2D eigenvalue weighted by molar-refractivity contribution is 0.477. The van der Waals surface area contributed by atoms with Gasteiger partial charge < -0.3 is 10.2 Å². The fourth-order valence-corrected chi connectivity index (χ4v) is 3.30. The van der Waals surface area contributed by atoms with Crippen molar-refractivity contribution in [3.63, 3.8) is 0 Å². The number of rotatable bonds is 6. The Morgan fingerprint density at radius 2 is 1.92 bits per heavy atom. The zero-order chi connectivity index (χ0) is 17.4. The van der Waals surface area contributed by atoms with E-state index < -0.39 is 10.8 Å². The molecule has 4 nitrogen and oxygen atoms in total. The summed E-state index contributed by atoms with van der Waals surface area (Å²) in [4.78, 5) is 6.94. The van der Waals surface area contributed by atoms with Gasteiger partial charge in [0.2, 0.25) is 0 Å². The maximum Gasteiger partial charge on any atom is 0.193 e. The molecule has 136 valence electrons. The van der Waals surface area contributed by atoms with Gasteiger partial charge in [0.1, 0.15) is 5.82 Å². The highest BCUT2D eigenvalue weighted by Gasteiger charge is 2.08. The second-order valence-electron chi connectivity index (χ2n) is 5.32. The fraction of sp³-hybridized carbons (Fsp3) is 0.278. The highest BCUT2D eigenvalue weighted by molar-refractivity contribution is 14.0. The Morgan fingerprint density at radius 3 is 2.56 bits per heavy atom. The maximum atomic E-state index is 13.3. The van der Waals surface area contributed by atoms with E-state index in [4.69, 9.17) is 0 Å². The Kier molecular flexibility index (Phi) is 9.66. The van der Waals surface area contributed by atoms with Gasteiger partial charge in [0.25, 0.3) is 0 Å². The van der Waals surface area contributed by atoms with Crippen LogP contribution in [0.25, 0.3) is 0 Å². The average Bonchev–Trinajstić information content (AvgIpc) is 2.59. The summed E-state index contributed by atoms with van der Waals surface area (Å²) in [6.07, 6.45) is 0. The smallest absolute Gasteiger partial charge is 0.193 e. The third kappa shape index (κ3) is 7.11. The summed E-state index contributed by atoms with van der Waals surface area (Å²) in [5.74, 6) is 0.933. The highest BCUT2D eigenvalue weighted by Crippen LogP contribution is 2.07. The molecular formula is C18H23FIN3OS. The third-order valence-electron chi connectivity index (χ3n) is 3.46. The first-order chi connectivity index (χ1) is 11.6. The molecule has 0 aliphatic carbocycles. The molecule has 2 aromatic carbocycles. The van der Waals surface area contributed by atoms with Crippen LogP contribution in [-0.2, 0) is 17.3 Å². The Morgan fingerprint density at radius 1 is 1.20 bits per heavy atom. The molecule has 0 fully saturated rings. The SMILES string of the molecule is CN=C(NCCS(=O)c1ccccc1)N(C)Cc1cccc(F)c1.I. The predicted octanol–water partition coefficient (Wildman–Crippen LogP) is 3.26. The lowest BCUT2D eigenvalue weighted by Gasteiger charge is -2.22. The van der Waals surface area contributed by atoms with Gasteiger partial charge in [-0.2, -0.15) is 0 Å². The minimum absolute atomic E-state index is 0. The van der Waals surface area contributed by atoms with Gasteiger partial charge in [-0.25, -0.2) is 4.39 Å². The molecule has 0 amide bonds. The number of benzene rings is 2. The molecule has 0 heterocycles. The van der Waals surface area contributed by atoms with Crippen LogP contribution in [0.15, 0.2) is 64.5 Å². The standard InChI is InChI=1S/C18H22FN3OS.HI/c1-20-18(22(2)14-15-7-6-8-16(19)13-15)21-11-12-24(23)17-9-4-3-5-10-17;/h3-10,13H,11-12,14H2,1-2H3,(H,20,21);1H. The topological polar surface area (TPSA) is 44.7 Å². The van der Waals surface area contributed by atoms with Crippen LogP contribution in [0.1, 0.15) is 5.56 Å². The minimum atomic E-state index is -1.04. The molecule has 0 radical (unpaired) electrons. The predicted molar refractivity (Wildman–Crippen MR) is 112 cm³/mol. The van der Waals surface area contributed by atoms with Gasteiger partial charge in [0, 0.05) is 37.8 Å². The van der Waals surface area contributed by atoms with E-state index in [0.717, 1.165) is 10.5 Å². The molecule has 0 aliphatic rings. The summed E-state index contributed by atoms with van der Waals surface area (Å²) in [5.41, 5.74) is 0.869. The normalized spacial score (nSPS) is 12.2. The second-order valence-corrected chi connectivity index (χ2v) is 6.89.